The first-order valence-corrected chi connectivity index (χ1v) is 9.88. The van der Waals surface area contributed by atoms with Gasteiger partial charge in [0.15, 0.2) is 11.6 Å². The van der Waals surface area contributed by atoms with Crippen LogP contribution in [0, 0.1) is 11.6 Å². The second kappa shape index (κ2) is 7.78. The van der Waals surface area contributed by atoms with Crippen LogP contribution < -0.4 is 10.2 Å². The lowest BCUT2D eigenvalue weighted by Crippen LogP contribution is -2.37. The second-order valence-corrected chi connectivity index (χ2v) is 8.16. The number of alkyl halides is 2. The predicted molar refractivity (Wildman–Crippen MR) is 95.2 cm³/mol. The minimum Gasteiger partial charge on any atom is -0.362 e. The zero-order valence-corrected chi connectivity index (χ0v) is 15.3. The standard InChI is InChI=1S/C18H16F4N2O3S/c19-12-8-11-4-3-7-24(15(11)9-13(12)20)10-17(25)23-14-5-1-2-6-16(14)28(26,27)18(21)22/h1-2,5-6,8-9,18H,3-4,7,10H2,(H,23,25). The molecule has 0 radical (unpaired) electrons. The molecule has 0 spiro atoms. The molecule has 10 heteroatoms. The third kappa shape index (κ3) is 3.96. The molecule has 0 aromatic heterocycles. The number of nitrogens with one attached hydrogen (secondary N) is 1. The van der Waals surface area contributed by atoms with E-state index in [-0.39, 0.29) is 12.2 Å². The van der Waals surface area contributed by atoms with Crippen LogP contribution in [0.3, 0.4) is 0 Å². The Morgan fingerprint density at radius 3 is 2.54 bits per heavy atom. The average Bonchev–Trinajstić information content (AvgIpc) is 2.63. The second-order valence-electron chi connectivity index (χ2n) is 6.27. The highest BCUT2D eigenvalue weighted by Gasteiger charge is 2.30. The molecule has 1 aliphatic heterocycles. The van der Waals surface area contributed by atoms with Gasteiger partial charge in [0.2, 0.25) is 15.7 Å². The van der Waals surface area contributed by atoms with E-state index in [1.807, 2.05) is 0 Å². The number of hydrogen-bond donors (Lipinski definition) is 1. The van der Waals surface area contributed by atoms with Crippen LogP contribution in [-0.4, -0.2) is 33.2 Å². The summed E-state index contributed by atoms with van der Waals surface area (Å²) in [4.78, 5) is 13.2. The van der Waals surface area contributed by atoms with Gasteiger partial charge in [0.05, 0.1) is 17.1 Å². The topological polar surface area (TPSA) is 66.5 Å². The van der Waals surface area contributed by atoms with Crippen LogP contribution in [0.5, 0.6) is 0 Å². The molecule has 1 aliphatic rings. The van der Waals surface area contributed by atoms with Crippen LogP contribution in [0.15, 0.2) is 41.3 Å². The van der Waals surface area contributed by atoms with Gasteiger partial charge in [0, 0.05) is 18.3 Å². The SMILES string of the molecule is O=C(CN1CCCc2cc(F)c(F)cc21)Nc1ccccc1S(=O)(=O)C(F)F. The molecule has 0 atom stereocenters. The quantitative estimate of drug-likeness (QED) is 0.760. The van der Waals surface area contributed by atoms with E-state index in [0.29, 0.717) is 30.6 Å². The summed E-state index contributed by atoms with van der Waals surface area (Å²) in [5.74, 6) is -6.32. The number of aryl methyl sites for hydroxylation is 1. The van der Waals surface area contributed by atoms with Crippen molar-refractivity contribution in [3.8, 4) is 0 Å². The lowest BCUT2D eigenvalue weighted by molar-refractivity contribution is -0.115. The fraction of sp³-hybridized carbons (Fsp3) is 0.278. The molecule has 1 heterocycles. The molecule has 2 aromatic carbocycles. The first kappa shape index (κ1) is 20.1. The Labute approximate surface area is 158 Å². The fourth-order valence-corrected chi connectivity index (χ4v) is 3.98. The van der Waals surface area contributed by atoms with Gasteiger partial charge in [0.1, 0.15) is 0 Å². The molecule has 1 amide bonds. The van der Waals surface area contributed by atoms with Crippen molar-refractivity contribution in [2.24, 2.45) is 0 Å². The molecule has 0 saturated heterocycles. The normalized spacial score (nSPS) is 14.1. The minimum absolute atomic E-state index is 0.268. The van der Waals surface area contributed by atoms with Crippen molar-refractivity contribution >= 4 is 27.1 Å². The summed E-state index contributed by atoms with van der Waals surface area (Å²) >= 11 is 0. The molecular formula is C18H16F4N2O3S. The van der Waals surface area contributed by atoms with Crippen molar-refractivity contribution in [3.63, 3.8) is 0 Å². The van der Waals surface area contributed by atoms with Crippen molar-refractivity contribution in [1.82, 2.24) is 0 Å². The smallest absolute Gasteiger partial charge is 0.341 e. The zero-order valence-electron chi connectivity index (χ0n) is 14.5. The van der Waals surface area contributed by atoms with Gasteiger partial charge in [0.25, 0.3) is 0 Å². The monoisotopic (exact) mass is 416 g/mol. The number of nitrogens with zero attached hydrogens (tertiary/aromatic N) is 1. The van der Waals surface area contributed by atoms with Crippen molar-refractivity contribution < 1.29 is 30.8 Å². The Morgan fingerprint density at radius 2 is 1.82 bits per heavy atom. The Kier molecular flexibility index (Phi) is 5.59. The third-order valence-corrected chi connectivity index (χ3v) is 5.81. The Morgan fingerprint density at radius 1 is 1.14 bits per heavy atom. The van der Waals surface area contributed by atoms with Crippen LogP contribution in [0.1, 0.15) is 12.0 Å². The summed E-state index contributed by atoms with van der Waals surface area (Å²) in [6, 6.07) is 6.93. The molecule has 0 unspecified atom stereocenters. The molecule has 0 bridgehead atoms. The number of halogens is 4. The lowest BCUT2D eigenvalue weighted by atomic mass is 10.0. The Hall–Kier alpha value is -2.62. The molecule has 3 rings (SSSR count). The Balaban J connectivity index is 1.81. The predicted octanol–water partition coefficient (Wildman–Crippen LogP) is 3.35. The number of para-hydroxylation sites is 1. The van der Waals surface area contributed by atoms with Crippen molar-refractivity contribution in [1.29, 1.82) is 0 Å². The van der Waals surface area contributed by atoms with Gasteiger partial charge < -0.3 is 10.2 Å². The summed E-state index contributed by atoms with van der Waals surface area (Å²) in [7, 11) is -4.90. The minimum atomic E-state index is -4.90. The number of carbonyl (C=O) groups is 1. The van der Waals surface area contributed by atoms with Crippen molar-refractivity contribution in [3.05, 3.63) is 53.6 Å². The molecule has 0 fully saturated rings. The maximum absolute atomic E-state index is 13.6. The highest BCUT2D eigenvalue weighted by molar-refractivity contribution is 7.91. The summed E-state index contributed by atoms with van der Waals surface area (Å²) in [6.07, 6.45) is 1.14. The van der Waals surface area contributed by atoms with Gasteiger partial charge in [-0.05, 0) is 36.6 Å². The fourth-order valence-electron chi connectivity index (χ4n) is 3.09. The number of anilines is 2. The van der Waals surface area contributed by atoms with Gasteiger partial charge in [-0.15, -0.1) is 0 Å². The maximum Gasteiger partial charge on any atom is 0.341 e. The van der Waals surface area contributed by atoms with Gasteiger partial charge in [-0.1, -0.05) is 12.1 Å². The van der Waals surface area contributed by atoms with Crippen LogP contribution in [0.25, 0.3) is 0 Å². The van der Waals surface area contributed by atoms with E-state index < -0.39 is 38.0 Å². The highest BCUT2D eigenvalue weighted by atomic mass is 32.2. The van der Waals surface area contributed by atoms with Crippen LogP contribution in [-0.2, 0) is 21.1 Å². The summed E-state index contributed by atoms with van der Waals surface area (Å²) in [5.41, 5.74) is 0.655. The molecule has 150 valence electrons. The van der Waals surface area contributed by atoms with Gasteiger partial charge in [-0.25, -0.2) is 17.2 Å². The molecular weight excluding hydrogens is 400 g/mol. The van der Waals surface area contributed by atoms with Crippen LogP contribution in [0.4, 0.5) is 28.9 Å². The number of benzene rings is 2. The molecule has 0 aliphatic carbocycles. The molecule has 0 saturated carbocycles. The Bertz CT molecular complexity index is 1010. The van der Waals surface area contributed by atoms with E-state index in [1.165, 1.54) is 23.1 Å². The van der Waals surface area contributed by atoms with E-state index >= 15 is 0 Å². The van der Waals surface area contributed by atoms with E-state index in [2.05, 4.69) is 5.32 Å². The van der Waals surface area contributed by atoms with E-state index in [4.69, 9.17) is 0 Å². The van der Waals surface area contributed by atoms with Crippen molar-refractivity contribution in [2.45, 2.75) is 23.5 Å². The largest absolute Gasteiger partial charge is 0.362 e. The number of hydrogen-bond acceptors (Lipinski definition) is 4. The molecule has 1 N–H and O–H groups in total. The van der Waals surface area contributed by atoms with Crippen LogP contribution >= 0.6 is 0 Å². The summed E-state index contributed by atoms with van der Waals surface area (Å²) in [6.45, 7) is 0.129. The summed E-state index contributed by atoms with van der Waals surface area (Å²) < 4.78 is 76.2. The van der Waals surface area contributed by atoms with E-state index in [1.54, 1.807) is 0 Å². The lowest BCUT2D eigenvalue weighted by Gasteiger charge is -2.31. The molecule has 28 heavy (non-hydrogen) atoms. The maximum atomic E-state index is 13.6. The number of carbonyl (C=O) groups excluding carboxylic acids is 1. The highest BCUT2D eigenvalue weighted by Crippen LogP contribution is 2.30. The number of amides is 1. The number of sulfone groups is 1. The van der Waals surface area contributed by atoms with Gasteiger partial charge >= 0.3 is 5.76 Å². The van der Waals surface area contributed by atoms with E-state index in [9.17, 15) is 30.8 Å². The molecule has 5 nitrogen and oxygen atoms in total. The van der Waals surface area contributed by atoms with E-state index in [0.717, 1.165) is 18.2 Å². The number of fused-ring (bicyclic) bond motifs is 1. The van der Waals surface area contributed by atoms with Crippen LogP contribution in [0.2, 0.25) is 0 Å². The first-order chi connectivity index (χ1) is 13.2. The average molecular weight is 416 g/mol. The van der Waals surface area contributed by atoms with Gasteiger partial charge in [-0.2, -0.15) is 8.78 Å². The zero-order chi connectivity index (χ0) is 20.5. The number of rotatable bonds is 5. The third-order valence-electron chi connectivity index (χ3n) is 4.37. The summed E-state index contributed by atoms with van der Waals surface area (Å²) in [5, 5.41) is 2.31. The molecule has 2 aromatic rings. The van der Waals surface area contributed by atoms with Gasteiger partial charge in [-0.3, -0.25) is 4.79 Å². The van der Waals surface area contributed by atoms with Crippen molar-refractivity contribution in [2.75, 3.05) is 23.3 Å². The first-order valence-electron chi connectivity index (χ1n) is 8.34.